The molecular formula is C14H25IN4OS2. The summed E-state index contributed by atoms with van der Waals surface area (Å²) in [6.45, 7) is 3.83. The van der Waals surface area contributed by atoms with Gasteiger partial charge in [-0.2, -0.15) is 11.8 Å². The number of aliphatic imine (C=N–C) groups is 1. The van der Waals surface area contributed by atoms with Crippen LogP contribution in [0, 0.1) is 0 Å². The Kier molecular flexibility index (Phi) is 11.7. The highest BCUT2D eigenvalue weighted by atomic mass is 127. The Bertz CT molecular complexity index is 452. The van der Waals surface area contributed by atoms with Crippen LogP contribution in [0.4, 0.5) is 0 Å². The summed E-state index contributed by atoms with van der Waals surface area (Å²) in [6, 6.07) is 4.10. The summed E-state index contributed by atoms with van der Waals surface area (Å²) in [5, 5.41) is 9.08. The van der Waals surface area contributed by atoms with Crippen molar-refractivity contribution < 1.29 is 4.79 Å². The predicted octanol–water partition coefficient (Wildman–Crippen LogP) is 2.24. The zero-order valence-electron chi connectivity index (χ0n) is 13.5. The van der Waals surface area contributed by atoms with E-state index in [0.717, 1.165) is 6.54 Å². The minimum absolute atomic E-state index is 0. The molecule has 0 bridgehead atoms. The molecule has 0 aliphatic carbocycles. The number of carbonyl (C=O) groups excluding carboxylic acids is 1. The topological polar surface area (TPSA) is 56.7 Å². The lowest BCUT2D eigenvalue weighted by Gasteiger charge is -2.15. The molecule has 1 unspecified atom stereocenters. The number of amides is 1. The van der Waals surface area contributed by atoms with E-state index in [1.165, 1.54) is 4.88 Å². The number of hydrogen-bond acceptors (Lipinski definition) is 4. The van der Waals surface area contributed by atoms with E-state index in [2.05, 4.69) is 34.9 Å². The summed E-state index contributed by atoms with van der Waals surface area (Å²) >= 11 is 3.49. The predicted molar refractivity (Wildman–Crippen MR) is 109 cm³/mol. The van der Waals surface area contributed by atoms with Crippen molar-refractivity contribution in [2.75, 3.05) is 33.4 Å². The monoisotopic (exact) mass is 456 g/mol. The Labute approximate surface area is 158 Å². The molecule has 0 aliphatic heterocycles. The molecule has 0 radical (unpaired) electrons. The second-order valence-electron chi connectivity index (χ2n) is 4.81. The van der Waals surface area contributed by atoms with E-state index >= 15 is 0 Å². The third-order valence-electron chi connectivity index (χ3n) is 2.84. The first-order chi connectivity index (χ1) is 10.0. The molecule has 5 nitrogen and oxygen atoms in total. The first-order valence-electron chi connectivity index (χ1n) is 6.80. The summed E-state index contributed by atoms with van der Waals surface area (Å²) in [6.07, 6.45) is 2.08. The van der Waals surface area contributed by atoms with E-state index in [1.54, 1.807) is 42.1 Å². The van der Waals surface area contributed by atoms with Crippen molar-refractivity contribution in [2.45, 2.75) is 18.7 Å². The molecule has 0 spiro atoms. The van der Waals surface area contributed by atoms with Gasteiger partial charge in [0.05, 0.1) is 6.54 Å². The van der Waals surface area contributed by atoms with Gasteiger partial charge in [0.15, 0.2) is 5.96 Å². The van der Waals surface area contributed by atoms with Crippen LogP contribution in [0.2, 0.25) is 0 Å². The minimum Gasteiger partial charge on any atom is -0.355 e. The highest BCUT2D eigenvalue weighted by Gasteiger charge is 2.06. The highest BCUT2D eigenvalue weighted by Crippen LogP contribution is 2.07. The zero-order valence-corrected chi connectivity index (χ0v) is 17.4. The van der Waals surface area contributed by atoms with Gasteiger partial charge in [-0.15, -0.1) is 35.3 Å². The zero-order chi connectivity index (χ0) is 15.7. The maximum Gasteiger partial charge on any atom is 0.243 e. The van der Waals surface area contributed by atoms with Crippen molar-refractivity contribution in [1.29, 1.82) is 0 Å². The highest BCUT2D eigenvalue weighted by molar-refractivity contribution is 14.0. The average Bonchev–Trinajstić information content (AvgIpc) is 2.98. The largest absolute Gasteiger partial charge is 0.355 e. The van der Waals surface area contributed by atoms with Crippen molar-refractivity contribution in [1.82, 2.24) is 15.5 Å². The first-order valence-corrected chi connectivity index (χ1v) is 8.97. The molecule has 0 aliphatic rings. The molecule has 1 heterocycles. The van der Waals surface area contributed by atoms with Gasteiger partial charge in [0.25, 0.3) is 0 Å². The molecule has 2 N–H and O–H groups in total. The lowest BCUT2D eigenvalue weighted by atomic mass is 10.4. The Morgan fingerprint density at radius 3 is 2.73 bits per heavy atom. The molecule has 8 heteroatoms. The van der Waals surface area contributed by atoms with Crippen molar-refractivity contribution >= 4 is 58.9 Å². The van der Waals surface area contributed by atoms with Crippen LogP contribution < -0.4 is 10.6 Å². The van der Waals surface area contributed by atoms with Crippen LogP contribution in [0.25, 0.3) is 0 Å². The van der Waals surface area contributed by atoms with E-state index in [4.69, 9.17) is 0 Å². The molecule has 0 saturated heterocycles. The van der Waals surface area contributed by atoms with Crippen LogP contribution in [0.1, 0.15) is 11.8 Å². The Balaban J connectivity index is 0.00000441. The fourth-order valence-corrected chi connectivity index (χ4v) is 2.26. The SMILES string of the molecule is CSC(C)CNC(=NCC(=O)N(C)C)NCc1cccs1.I. The Hall–Kier alpha value is -0.480. The summed E-state index contributed by atoms with van der Waals surface area (Å²) in [7, 11) is 3.47. The molecule has 22 heavy (non-hydrogen) atoms. The molecule has 1 aromatic rings. The quantitative estimate of drug-likeness (QED) is 0.376. The third kappa shape index (κ3) is 8.84. The van der Waals surface area contributed by atoms with Crippen LogP contribution in [0.15, 0.2) is 22.5 Å². The van der Waals surface area contributed by atoms with Gasteiger partial charge >= 0.3 is 0 Å². The average molecular weight is 456 g/mol. The minimum atomic E-state index is -0.00913. The fraction of sp³-hybridized carbons (Fsp3) is 0.571. The van der Waals surface area contributed by atoms with Gasteiger partial charge in [-0.05, 0) is 17.7 Å². The van der Waals surface area contributed by atoms with Crippen LogP contribution >= 0.6 is 47.1 Å². The molecule has 0 aromatic carbocycles. The second-order valence-corrected chi connectivity index (χ2v) is 7.12. The Morgan fingerprint density at radius 2 is 2.18 bits per heavy atom. The second kappa shape index (κ2) is 12.0. The first kappa shape index (κ1) is 21.5. The lowest BCUT2D eigenvalue weighted by Crippen LogP contribution is -2.40. The van der Waals surface area contributed by atoms with Gasteiger partial charge in [-0.3, -0.25) is 4.79 Å². The van der Waals surface area contributed by atoms with E-state index < -0.39 is 0 Å². The number of hydrogen-bond donors (Lipinski definition) is 2. The number of carbonyl (C=O) groups is 1. The maximum atomic E-state index is 11.6. The molecule has 1 rings (SSSR count). The Morgan fingerprint density at radius 1 is 1.45 bits per heavy atom. The van der Waals surface area contributed by atoms with E-state index in [1.807, 2.05) is 11.4 Å². The van der Waals surface area contributed by atoms with Gasteiger partial charge in [-0.25, -0.2) is 4.99 Å². The van der Waals surface area contributed by atoms with Crippen molar-refractivity contribution in [3.05, 3.63) is 22.4 Å². The molecule has 126 valence electrons. The van der Waals surface area contributed by atoms with Crippen LogP contribution in [-0.4, -0.2) is 55.5 Å². The molecular weight excluding hydrogens is 431 g/mol. The summed E-state index contributed by atoms with van der Waals surface area (Å²) in [5.41, 5.74) is 0. The third-order valence-corrected chi connectivity index (χ3v) is 4.69. The molecule has 1 atom stereocenters. The fourth-order valence-electron chi connectivity index (χ4n) is 1.37. The molecule has 0 fully saturated rings. The lowest BCUT2D eigenvalue weighted by molar-refractivity contribution is -0.127. The van der Waals surface area contributed by atoms with Gasteiger partial charge in [-0.1, -0.05) is 13.0 Å². The molecule has 1 amide bonds. The maximum absolute atomic E-state index is 11.6. The van der Waals surface area contributed by atoms with Crippen LogP contribution in [0.3, 0.4) is 0 Å². The van der Waals surface area contributed by atoms with Gasteiger partial charge in [0.1, 0.15) is 6.54 Å². The van der Waals surface area contributed by atoms with Crippen molar-refractivity contribution in [2.24, 2.45) is 4.99 Å². The number of nitrogens with one attached hydrogen (secondary N) is 2. The number of likely N-dealkylation sites (N-methyl/N-ethyl adjacent to an activating group) is 1. The molecule has 0 saturated carbocycles. The summed E-state index contributed by atoms with van der Waals surface area (Å²) in [4.78, 5) is 18.8. The number of guanidine groups is 1. The number of thiophene rings is 1. The smallest absolute Gasteiger partial charge is 0.243 e. The standard InChI is InChI=1S/C14H24N4OS2.HI/c1-11(20-4)8-15-14(17-10-13(19)18(2)3)16-9-12-6-5-7-21-12;/h5-7,11H,8-10H2,1-4H3,(H2,15,16,17);1H. The van der Waals surface area contributed by atoms with Gasteiger partial charge in [0, 0.05) is 30.8 Å². The van der Waals surface area contributed by atoms with Crippen LogP contribution in [-0.2, 0) is 11.3 Å². The number of thioether (sulfide) groups is 1. The summed E-state index contributed by atoms with van der Waals surface area (Å²) in [5.74, 6) is 0.671. The van der Waals surface area contributed by atoms with E-state index in [9.17, 15) is 4.79 Å². The molecule has 1 aromatic heterocycles. The summed E-state index contributed by atoms with van der Waals surface area (Å²) < 4.78 is 0. The van der Waals surface area contributed by atoms with E-state index in [0.29, 0.717) is 17.8 Å². The number of halogens is 1. The number of nitrogens with zero attached hydrogens (tertiary/aromatic N) is 2. The van der Waals surface area contributed by atoms with Crippen molar-refractivity contribution in [3.8, 4) is 0 Å². The van der Waals surface area contributed by atoms with Gasteiger partial charge in [0.2, 0.25) is 5.91 Å². The number of rotatable bonds is 7. The van der Waals surface area contributed by atoms with Crippen molar-refractivity contribution in [3.63, 3.8) is 0 Å². The van der Waals surface area contributed by atoms with Gasteiger partial charge < -0.3 is 15.5 Å². The van der Waals surface area contributed by atoms with E-state index in [-0.39, 0.29) is 36.4 Å². The van der Waals surface area contributed by atoms with Crippen LogP contribution in [0.5, 0.6) is 0 Å². The normalized spacial score (nSPS) is 12.3.